The summed E-state index contributed by atoms with van der Waals surface area (Å²) >= 11 is 0. The molecule has 122 valence electrons. The van der Waals surface area contributed by atoms with E-state index in [1.54, 1.807) is 0 Å². The van der Waals surface area contributed by atoms with Crippen LogP contribution in [0.25, 0.3) is 0 Å². The quantitative estimate of drug-likeness (QED) is 0.822. The molecule has 0 saturated carbocycles. The lowest BCUT2D eigenvalue weighted by molar-refractivity contribution is -0.139. The van der Waals surface area contributed by atoms with Crippen LogP contribution in [0.2, 0.25) is 0 Å². The van der Waals surface area contributed by atoms with Gasteiger partial charge >= 0.3 is 6.18 Å². The standard InChI is InChI=1S/C16H20F3NO2/c1-3-6-13(21)11(4-2)10-22-14-8-5-7-12(9-20)15(14)16(17,18)19/h5,7-8,11,13,21H,3-4,6,10H2,1-2H3. The number of aliphatic hydroxyl groups is 1. The molecule has 1 aromatic rings. The van der Waals surface area contributed by atoms with Crippen LogP contribution >= 0.6 is 0 Å². The maximum atomic E-state index is 13.1. The van der Waals surface area contributed by atoms with Gasteiger partial charge in [-0.3, -0.25) is 0 Å². The zero-order valence-electron chi connectivity index (χ0n) is 12.7. The molecular weight excluding hydrogens is 295 g/mol. The molecule has 0 heterocycles. The van der Waals surface area contributed by atoms with Crippen LogP contribution in [0.1, 0.15) is 44.2 Å². The molecule has 0 bridgehead atoms. The van der Waals surface area contributed by atoms with E-state index >= 15 is 0 Å². The van der Waals surface area contributed by atoms with Crippen molar-refractivity contribution in [3.8, 4) is 11.8 Å². The third-order valence-electron chi connectivity index (χ3n) is 3.54. The topological polar surface area (TPSA) is 53.2 Å². The van der Waals surface area contributed by atoms with Crippen LogP contribution in [0.3, 0.4) is 0 Å². The van der Waals surface area contributed by atoms with E-state index in [1.807, 2.05) is 13.8 Å². The van der Waals surface area contributed by atoms with Gasteiger partial charge in [-0.15, -0.1) is 0 Å². The average Bonchev–Trinajstić information content (AvgIpc) is 2.46. The number of halogens is 3. The molecule has 0 aliphatic carbocycles. The van der Waals surface area contributed by atoms with Gasteiger partial charge in [0.15, 0.2) is 0 Å². The summed E-state index contributed by atoms with van der Waals surface area (Å²) < 4.78 is 44.6. The van der Waals surface area contributed by atoms with Crippen molar-refractivity contribution in [2.24, 2.45) is 5.92 Å². The molecule has 0 spiro atoms. The number of ether oxygens (including phenoxy) is 1. The largest absolute Gasteiger partial charge is 0.493 e. The van der Waals surface area contributed by atoms with Crippen LogP contribution < -0.4 is 4.74 Å². The number of hydrogen-bond acceptors (Lipinski definition) is 3. The Morgan fingerprint density at radius 3 is 2.50 bits per heavy atom. The Morgan fingerprint density at radius 2 is 2.00 bits per heavy atom. The Balaban J connectivity index is 2.97. The van der Waals surface area contributed by atoms with Crippen LogP contribution in [0.15, 0.2) is 18.2 Å². The average molecular weight is 315 g/mol. The van der Waals surface area contributed by atoms with Crippen LogP contribution in [0.5, 0.6) is 5.75 Å². The maximum absolute atomic E-state index is 13.1. The van der Waals surface area contributed by atoms with E-state index in [0.29, 0.717) is 12.8 Å². The molecule has 0 amide bonds. The van der Waals surface area contributed by atoms with Crippen LogP contribution in [-0.2, 0) is 6.18 Å². The van der Waals surface area contributed by atoms with E-state index in [-0.39, 0.29) is 18.3 Å². The molecule has 0 radical (unpaired) electrons. The van der Waals surface area contributed by atoms with E-state index in [4.69, 9.17) is 10.00 Å². The van der Waals surface area contributed by atoms with Crippen molar-refractivity contribution in [2.75, 3.05) is 6.61 Å². The molecule has 1 N–H and O–H groups in total. The predicted octanol–water partition coefficient (Wildman–Crippen LogP) is 4.14. The molecule has 0 aliphatic heterocycles. The highest BCUT2D eigenvalue weighted by molar-refractivity contribution is 5.48. The number of benzene rings is 1. The van der Waals surface area contributed by atoms with E-state index < -0.39 is 23.4 Å². The number of nitrogens with zero attached hydrogens (tertiary/aromatic N) is 1. The zero-order chi connectivity index (χ0) is 16.8. The molecule has 6 heteroatoms. The molecule has 0 aliphatic rings. The smallest absolute Gasteiger partial charge is 0.421 e. The second kappa shape index (κ2) is 8.04. The second-order valence-corrected chi connectivity index (χ2v) is 5.12. The highest BCUT2D eigenvalue weighted by Crippen LogP contribution is 2.38. The number of nitriles is 1. The Morgan fingerprint density at radius 1 is 1.32 bits per heavy atom. The Hall–Kier alpha value is -1.74. The van der Waals surface area contributed by atoms with Crippen molar-refractivity contribution < 1.29 is 23.0 Å². The molecule has 22 heavy (non-hydrogen) atoms. The molecule has 0 fully saturated rings. The zero-order valence-corrected chi connectivity index (χ0v) is 12.7. The lowest BCUT2D eigenvalue weighted by Crippen LogP contribution is -2.26. The van der Waals surface area contributed by atoms with Gasteiger partial charge in [-0.05, 0) is 25.0 Å². The van der Waals surface area contributed by atoms with Crippen LogP contribution in [-0.4, -0.2) is 17.8 Å². The molecule has 2 unspecified atom stereocenters. The Kier molecular flexibility index (Phi) is 6.69. The summed E-state index contributed by atoms with van der Waals surface area (Å²) in [5, 5.41) is 18.8. The van der Waals surface area contributed by atoms with Gasteiger partial charge in [0.2, 0.25) is 0 Å². The van der Waals surface area contributed by atoms with Crippen molar-refractivity contribution in [1.29, 1.82) is 5.26 Å². The molecule has 2 atom stereocenters. The summed E-state index contributed by atoms with van der Waals surface area (Å²) in [6, 6.07) is 5.20. The number of alkyl halides is 3. The van der Waals surface area contributed by atoms with Gasteiger partial charge in [-0.2, -0.15) is 18.4 Å². The summed E-state index contributed by atoms with van der Waals surface area (Å²) in [6.07, 6.45) is -3.31. The molecule has 1 rings (SSSR count). The van der Waals surface area contributed by atoms with Crippen LogP contribution in [0, 0.1) is 17.2 Å². The highest BCUT2D eigenvalue weighted by atomic mass is 19.4. The first-order valence-corrected chi connectivity index (χ1v) is 7.26. The van der Waals surface area contributed by atoms with E-state index in [0.717, 1.165) is 12.5 Å². The maximum Gasteiger partial charge on any atom is 0.421 e. The number of rotatable bonds is 7. The molecule has 0 aromatic heterocycles. The monoisotopic (exact) mass is 315 g/mol. The van der Waals surface area contributed by atoms with Crippen molar-refractivity contribution in [3.05, 3.63) is 29.3 Å². The van der Waals surface area contributed by atoms with Gasteiger partial charge in [0, 0.05) is 5.92 Å². The molecule has 1 aromatic carbocycles. The first-order chi connectivity index (χ1) is 10.3. The third-order valence-corrected chi connectivity index (χ3v) is 3.54. The normalized spacial score (nSPS) is 14.2. The van der Waals surface area contributed by atoms with E-state index in [2.05, 4.69) is 0 Å². The Labute approximate surface area is 128 Å². The lowest BCUT2D eigenvalue weighted by atomic mass is 9.97. The highest BCUT2D eigenvalue weighted by Gasteiger charge is 2.37. The summed E-state index contributed by atoms with van der Waals surface area (Å²) in [7, 11) is 0. The van der Waals surface area contributed by atoms with Gasteiger partial charge < -0.3 is 9.84 Å². The van der Waals surface area contributed by atoms with Gasteiger partial charge in [-0.25, -0.2) is 0 Å². The van der Waals surface area contributed by atoms with E-state index in [9.17, 15) is 18.3 Å². The fourth-order valence-electron chi connectivity index (χ4n) is 2.27. The first kappa shape index (κ1) is 18.3. The SMILES string of the molecule is CCCC(O)C(CC)COc1cccc(C#N)c1C(F)(F)F. The van der Waals surface area contributed by atoms with Crippen molar-refractivity contribution in [3.63, 3.8) is 0 Å². The minimum absolute atomic E-state index is 0.0182. The van der Waals surface area contributed by atoms with Crippen molar-refractivity contribution >= 4 is 0 Å². The first-order valence-electron chi connectivity index (χ1n) is 7.26. The molecular formula is C16H20F3NO2. The number of hydrogen-bond donors (Lipinski definition) is 1. The van der Waals surface area contributed by atoms with Crippen molar-refractivity contribution in [2.45, 2.75) is 45.4 Å². The third kappa shape index (κ3) is 4.63. The van der Waals surface area contributed by atoms with Gasteiger partial charge in [0.1, 0.15) is 11.3 Å². The lowest BCUT2D eigenvalue weighted by Gasteiger charge is -2.23. The van der Waals surface area contributed by atoms with Gasteiger partial charge in [0.25, 0.3) is 0 Å². The van der Waals surface area contributed by atoms with Crippen LogP contribution in [0.4, 0.5) is 13.2 Å². The summed E-state index contributed by atoms with van der Waals surface area (Å²) in [5.74, 6) is -0.611. The summed E-state index contributed by atoms with van der Waals surface area (Å²) in [5.41, 5.74) is -1.52. The fraction of sp³-hybridized carbons (Fsp3) is 0.562. The van der Waals surface area contributed by atoms with Gasteiger partial charge in [0.05, 0.1) is 24.3 Å². The van der Waals surface area contributed by atoms with Gasteiger partial charge in [-0.1, -0.05) is 26.3 Å². The second-order valence-electron chi connectivity index (χ2n) is 5.12. The molecule has 0 saturated heterocycles. The van der Waals surface area contributed by atoms with Crippen molar-refractivity contribution in [1.82, 2.24) is 0 Å². The fourth-order valence-corrected chi connectivity index (χ4v) is 2.27. The Bertz CT molecular complexity index is 523. The predicted molar refractivity (Wildman–Crippen MR) is 76.3 cm³/mol. The summed E-state index contributed by atoms with van der Waals surface area (Å²) in [6.45, 7) is 3.76. The minimum atomic E-state index is -4.66. The van der Waals surface area contributed by atoms with E-state index in [1.165, 1.54) is 18.2 Å². The minimum Gasteiger partial charge on any atom is -0.493 e. The summed E-state index contributed by atoms with van der Waals surface area (Å²) in [4.78, 5) is 0. The molecule has 3 nitrogen and oxygen atoms in total. The number of aliphatic hydroxyl groups excluding tert-OH is 1.